The average molecular weight is 366 g/mol. The van der Waals surface area contributed by atoms with Crippen LogP contribution < -0.4 is 16.0 Å². The van der Waals surface area contributed by atoms with Gasteiger partial charge in [0.25, 0.3) is 11.6 Å². The Morgan fingerprint density at radius 2 is 1.85 bits per heavy atom. The summed E-state index contributed by atoms with van der Waals surface area (Å²) < 4.78 is 0. The first-order valence-corrected chi connectivity index (χ1v) is 8.26. The minimum absolute atomic E-state index is 0.115. The van der Waals surface area contributed by atoms with Crippen LogP contribution in [0.4, 0.5) is 16.2 Å². The van der Waals surface area contributed by atoms with Crippen molar-refractivity contribution in [3.05, 3.63) is 81.0 Å². The molecule has 0 aromatic heterocycles. The lowest BCUT2D eigenvalue weighted by molar-refractivity contribution is -0.384. The van der Waals surface area contributed by atoms with Gasteiger partial charge in [0.05, 0.1) is 16.5 Å². The molecule has 138 valence electrons. The number of aryl methyl sites for hydroxylation is 1. The van der Waals surface area contributed by atoms with Crippen LogP contribution in [0.2, 0.25) is 0 Å². The summed E-state index contributed by atoms with van der Waals surface area (Å²) in [5.41, 5.74) is 2.68. The van der Waals surface area contributed by atoms with Crippen LogP contribution >= 0.6 is 0 Å². The highest BCUT2D eigenvalue weighted by atomic mass is 16.6. The van der Waals surface area contributed by atoms with Crippen LogP contribution in [0.5, 0.6) is 0 Å². The minimum Gasteiger partial charge on any atom is -0.327 e. The van der Waals surface area contributed by atoms with Crippen molar-refractivity contribution in [2.45, 2.75) is 19.9 Å². The Bertz CT molecular complexity index is 950. The van der Waals surface area contributed by atoms with Gasteiger partial charge >= 0.3 is 6.03 Å². The fourth-order valence-electron chi connectivity index (χ4n) is 2.90. The number of nitrogens with one attached hydrogen (secondary N) is 3. The molecule has 8 nitrogen and oxygen atoms in total. The van der Waals surface area contributed by atoms with Gasteiger partial charge in [-0.3, -0.25) is 14.9 Å². The SMILES string of the molecule is CC1=C(C(=O)Nc2ccc(C)cc2)[C@@H](c2cccc([N+](=O)[O-])c2)NC(=O)N1. The second-order valence-corrected chi connectivity index (χ2v) is 6.24. The van der Waals surface area contributed by atoms with Crippen molar-refractivity contribution in [3.8, 4) is 0 Å². The molecule has 0 aliphatic carbocycles. The smallest absolute Gasteiger partial charge is 0.319 e. The lowest BCUT2D eigenvalue weighted by Crippen LogP contribution is -2.46. The lowest BCUT2D eigenvalue weighted by Gasteiger charge is -2.28. The number of non-ortho nitro benzene ring substituents is 1. The third-order valence-electron chi connectivity index (χ3n) is 4.24. The van der Waals surface area contributed by atoms with E-state index < -0.39 is 22.9 Å². The van der Waals surface area contributed by atoms with Crippen LogP contribution in [0, 0.1) is 17.0 Å². The summed E-state index contributed by atoms with van der Waals surface area (Å²) >= 11 is 0. The van der Waals surface area contributed by atoms with E-state index in [0.717, 1.165) is 5.56 Å². The summed E-state index contributed by atoms with van der Waals surface area (Å²) in [7, 11) is 0. The molecule has 0 spiro atoms. The summed E-state index contributed by atoms with van der Waals surface area (Å²) in [6.07, 6.45) is 0. The predicted octanol–water partition coefficient (Wildman–Crippen LogP) is 3.17. The molecule has 1 aliphatic rings. The van der Waals surface area contributed by atoms with Gasteiger partial charge in [0.1, 0.15) is 0 Å². The van der Waals surface area contributed by atoms with Gasteiger partial charge in [0.15, 0.2) is 0 Å². The average Bonchev–Trinajstić information content (AvgIpc) is 2.63. The van der Waals surface area contributed by atoms with Crippen LogP contribution in [-0.2, 0) is 4.79 Å². The molecule has 8 heteroatoms. The van der Waals surface area contributed by atoms with Crippen molar-refractivity contribution < 1.29 is 14.5 Å². The number of anilines is 1. The molecule has 1 heterocycles. The van der Waals surface area contributed by atoms with Crippen molar-refractivity contribution in [1.29, 1.82) is 0 Å². The van der Waals surface area contributed by atoms with E-state index in [2.05, 4.69) is 16.0 Å². The number of allylic oxidation sites excluding steroid dienone is 1. The number of rotatable bonds is 4. The van der Waals surface area contributed by atoms with Crippen molar-refractivity contribution in [1.82, 2.24) is 10.6 Å². The molecule has 2 aromatic rings. The Morgan fingerprint density at radius 1 is 1.15 bits per heavy atom. The topological polar surface area (TPSA) is 113 Å². The van der Waals surface area contributed by atoms with Gasteiger partial charge in [-0.2, -0.15) is 0 Å². The van der Waals surface area contributed by atoms with Crippen LogP contribution in [0.3, 0.4) is 0 Å². The van der Waals surface area contributed by atoms with E-state index in [1.54, 1.807) is 25.1 Å². The van der Waals surface area contributed by atoms with Crippen LogP contribution in [0.25, 0.3) is 0 Å². The number of hydrogen-bond donors (Lipinski definition) is 3. The van der Waals surface area contributed by atoms with E-state index in [9.17, 15) is 19.7 Å². The first-order valence-electron chi connectivity index (χ1n) is 8.26. The molecule has 0 bridgehead atoms. The summed E-state index contributed by atoms with van der Waals surface area (Å²) in [5, 5.41) is 19.1. The molecular weight excluding hydrogens is 348 g/mol. The fourth-order valence-corrected chi connectivity index (χ4v) is 2.90. The van der Waals surface area contributed by atoms with Gasteiger partial charge in [-0.05, 0) is 31.5 Å². The predicted molar refractivity (Wildman–Crippen MR) is 100 cm³/mol. The quantitative estimate of drug-likeness (QED) is 0.570. The third-order valence-corrected chi connectivity index (χ3v) is 4.24. The van der Waals surface area contributed by atoms with E-state index >= 15 is 0 Å². The summed E-state index contributed by atoms with van der Waals surface area (Å²) in [4.78, 5) is 35.3. The Hall–Kier alpha value is -3.68. The van der Waals surface area contributed by atoms with Gasteiger partial charge in [-0.1, -0.05) is 29.8 Å². The van der Waals surface area contributed by atoms with Gasteiger partial charge in [0.2, 0.25) is 0 Å². The normalized spacial score (nSPS) is 16.4. The summed E-state index contributed by atoms with van der Waals surface area (Å²) in [5.74, 6) is -0.402. The molecule has 1 aliphatic heterocycles. The third kappa shape index (κ3) is 3.95. The number of amides is 3. The second-order valence-electron chi connectivity index (χ2n) is 6.24. The number of urea groups is 1. The number of hydrogen-bond acceptors (Lipinski definition) is 4. The Labute approximate surface area is 155 Å². The first-order chi connectivity index (χ1) is 12.8. The molecule has 2 aromatic carbocycles. The van der Waals surface area contributed by atoms with Crippen LogP contribution in [-0.4, -0.2) is 16.9 Å². The van der Waals surface area contributed by atoms with Crippen molar-refractivity contribution in [3.63, 3.8) is 0 Å². The zero-order valence-corrected chi connectivity index (χ0v) is 14.8. The van der Waals surface area contributed by atoms with Gasteiger partial charge < -0.3 is 16.0 Å². The van der Waals surface area contributed by atoms with Crippen molar-refractivity contribution in [2.75, 3.05) is 5.32 Å². The Balaban J connectivity index is 1.96. The van der Waals surface area contributed by atoms with Gasteiger partial charge in [-0.15, -0.1) is 0 Å². The summed E-state index contributed by atoms with van der Waals surface area (Å²) in [6, 6.07) is 11.9. The zero-order valence-electron chi connectivity index (χ0n) is 14.8. The molecule has 3 N–H and O–H groups in total. The number of nitro benzene ring substituents is 1. The van der Waals surface area contributed by atoms with E-state index in [1.165, 1.54) is 18.2 Å². The molecule has 0 fully saturated rings. The van der Waals surface area contributed by atoms with E-state index in [0.29, 0.717) is 16.9 Å². The highest BCUT2D eigenvalue weighted by molar-refractivity contribution is 6.06. The van der Waals surface area contributed by atoms with Gasteiger partial charge in [-0.25, -0.2) is 4.79 Å². The maximum atomic E-state index is 12.9. The minimum atomic E-state index is -0.802. The van der Waals surface area contributed by atoms with Crippen molar-refractivity contribution in [2.24, 2.45) is 0 Å². The molecule has 0 radical (unpaired) electrons. The second kappa shape index (κ2) is 7.28. The maximum Gasteiger partial charge on any atom is 0.319 e. The number of carbonyl (C=O) groups is 2. The first kappa shape index (κ1) is 18.1. The number of carbonyl (C=O) groups excluding carboxylic acids is 2. The Morgan fingerprint density at radius 3 is 2.52 bits per heavy atom. The summed E-state index contributed by atoms with van der Waals surface area (Å²) in [6.45, 7) is 3.56. The molecule has 27 heavy (non-hydrogen) atoms. The standard InChI is InChI=1S/C19H18N4O4/c1-11-6-8-14(9-7-11)21-18(24)16-12(2)20-19(25)22-17(16)13-4-3-5-15(10-13)23(26)27/h3-10,17H,1-2H3,(H,21,24)(H2,20,22,25)/t17-/m1/s1. The van der Waals surface area contributed by atoms with E-state index in [1.807, 2.05) is 19.1 Å². The van der Waals surface area contributed by atoms with Crippen molar-refractivity contribution >= 4 is 23.3 Å². The number of nitrogens with zero attached hydrogens (tertiary/aromatic N) is 1. The molecule has 1 atom stereocenters. The monoisotopic (exact) mass is 366 g/mol. The largest absolute Gasteiger partial charge is 0.327 e. The highest BCUT2D eigenvalue weighted by Crippen LogP contribution is 2.29. The molecular formula is C19H18N4O4. The van der Waals surface area contributed by atoms with E-state index in [-0.39, 0.29) is 11.3 Å². The molecule has 3 rings (SSSR count). The zero-order chi connectivity index (χ0) is 19.6. The number of nitro groups is 1. The maximum absolute atomic E-state index is 12.9. The fraction of sp³-hybridized carbons (Fsp3) is 0.158. The molecule has 3 amide bonds. The van der Waals surface area contributed by atoms with Gasteiger partial charge in [0, 0.05) is 23.5 Å². The molecule has 0 unspecified atom stereocenters. The van der Waals surface area contributed by atoms with Crippen LogP contribution in [0.1, 0.15) is 24.1 Å². The van der Waals surface area contributed by atoms with Crippen LogP contribution in [0.15, 0.2) is 59.8 Å². The molecule has 0 saturated heterocycles. The van der Waals surface area contributed by atoms with E-state index in [4.69, 9.17) is 0 Å². The lowest BCUT2D eigenvalue weighted by atomic mass is 9.94. The molecule has 0 saturated carbocycles. The number of benzene rings is 2. The Kier molecular flexibility index (Phi) is 4.89. The highest BCUT2D eigenvalue weighted by Gasteiger charge is 2.31.